The molecule has 0 saturated heterocycles. The summed E-state index contributed by atoms with van der Waals surface area (Å²) in [5.74, 6) is 0. The van der Waals surface area contributed by atoms with Gasteiger partial charge in [-0.25, -0.2) is 4.98 Å². The van der Waals surface area contributed by atoms with Crippen molar-refractivity contribution >= 4 is 28.4 Å². The Balaban J connectivity index is 2.39. The van der Waals surface area contributed by atoms with Gasteiger partial charge in [-0.15, -0.1) is 0 Å². The summed E-state index contributed by atoms with van der Waals surface area (Å²) in [4.78, 5) is 4.31. The zero-order valence-electron chi connectivity index (χ0n) is 11.4. The van der Waals surface area contributed by atoms with E-state index in [0.717, 1.165) is 23.1 Å². The van der Waals surface area contributed by atoms with E-state index < -0.39 is 0 Å². The molecule has 4 heteroatoms. The van der Waals surface area contributed by atoms with Gasteiger partial charge in [0.15, 0.2) is 0 Å². The number of para-hydroxylation sites is 1. The van der Waals surface area contributed by atoms with Gasteiger partial charge in [0.1, 0.15) is 11.8 Å². The van der Waals surface area contributed by atoms with Crippen molar-refractivity contribution in [2.24, 2.45) is 0 Å². The standard InChI is InChI=1S/C15H17N3S/c1-15(2,19-3)10-17-14-8-11(9-16)18-13-7-5-4-6-12(13)14/h4-8H,10H2,1-3H3,(H,17,18). The van der Waals surface area contributed by atoms with Crippen LogP contribution in [0.5, 0.6) is 0 Å². The molecule has 0 saturated carbocycles. The number of nitrogens with zero attached hydrogens (tertiary/aromatic N) is 2. The third-order valence-corrected chi connectivity index (χ3v) is 4.34. The summed E-state index contributed by atoms with van der Waals surface area (Å²) < 4.78 is 0.150. The zero-order valence-corrected chi connectivity index (χ0v) is 12.2. The fourth-order valence-corrected chi connectivity index (χ4v) is 1.98. The van der Waals surface area contributed by atoms with Crippen molar-refractivity contribution in [2.45, 2.75) is 18.6 Å². The lowest BCUT2D eigenvalue weighted by molar-refractivity contribution is 0.753. The molecule has 1 heterocycles. The topological polar surface area (TPSA) is 48.7 Å². The molecule has 0 amide bonds. The second kappa shape index (κ2) is 5.50. The summed E-state index contributed by atoms with van der Waals surface area (Å²) in [7, 11) is 0. The quantitative estimate of drug-likeness (QED) is 0.922. The van der Waals surface area contributed by atoms with Gasteiger partial charge in [0.05, 0.1) is 5.52 Å². The van der Waals surface area contributed by atoms with Gasteiger partial charge in [-0.3, -0.25) is 0 Å². The Morgan fingerprint density at radius 3 is 2.79 bits per heavy atom. The van der Waals surface area contributed by atoms with Crippen molar-refractivity contribution in [3.63, 3.8) is 0 Å². The van der Waals surface area contributed by atoms with E-state index in [4.69, 9.17) is 5.26 Å². The van der Waals surface area contributed by atoms with E-state index in [1.807, 2.05) is 42.1 Å². The highest BCUT2D eigenvalue weighted by Gasteiger charge is 2.16. The second-order valence-electron chi connectivity index (χ2n) is 5.00. The predicted octanol–water partition coefficient (Wildman–Crippen LogP) is 3.66. The van der Waals surface area contributed by atoms with E-state index in [2.05, 4.69) is 36.5 Å². The molecule has 0 fully saturated rings. The number of nitriles is 1. The molecule has 0 bridgehead atoms. The van der Waals surface area contributed by atoms with Crippen LogP contribution >= 0.6 is 11.8 Å². The minimum atomic E-state index is 0.150. The Morgan fingerprint density at radius 2 is 2.11 bits per heavy atom. The highest BCUT2D eigenvalue weighted by Crippen LogP contribution is 2.26. The van der Waals surface area contributed by atoms with Crippen molar-refractivity contribution in [3.8, 4) is 6.07 Å². The summed E-state index contributed by atoms with van der Waals surface area (Å²) in [6.07, 6.45) is 2.10. The first kappa shape index (κ1) is 13.7. The molecule has 2 rings (SSSR count). The van der Waals surface area contributed by atoms with Crippen LogP contribution < -0.4 is 5.32 Å². The van der Waals surface area contributed by atoms with Crippen LogP contribution in [0.4, 0.5) is 5.69 Å². The molecule has 0 aliphatic heterocycles. The van der Waals surface area contributed by atoms with Crippen LogP contribution in [0.15, 0.2) is 30.3 Å². The van der Waals surface area contributed by atoms with E-state index in [0.29, 0.717) is 5.69 Å². The lowest BCUT2D eigenvalue weighted by Gasteiger charge is -2.23. The van der Waals surface area contributed by atoms with Crippen LogP contribution in [0, 0.1) is 11.3 Å². The Labute approximate surface area is 118 Å². The normalized spacial score (nSPS) is 11.3. The molecular formula is C15H17N3S. The maximum absolute atomic E-state index is 9.05. The molecule has 0 aliphatic carbocycles. The van der Waals surface area contributed by atoms with Gasteiger partial charge in [0.25, 0.3) is 0 Å². The molecule has 3 nitrogen and oxygen atoms in total. The van der Waals surface area contributed by atoms with Crippen LogP contribution in [0.3, 0.4) is 0 Å². The van der Waals surface area contributed by atoms with Crippen molar-refractivity contribution < 1.29 is 0 Å². The number of fused-ring (bicyclic) bond motifs is 1. The molecule has 0 atom stereocenters. The number of pyridine rings is 1. The van der Waals surface area contributed by atoms with Gasteiger partial charge >= 0.3 is 0 Å². The summed E-state index contributed by atoms with van der Waals surface area (Å²) in [5.41, 5.74) is 2.28. The molecule has 19 heavy (non-hydrogen) atoms. The molecule has 0 unspecified atom stereocenters. The van der Waals surface area contributed by atoms with Gasteiger partial charge in [0.2, 0.25) is 0 Å². The fourth-order valence-electron chi connectivity index (χ4n) is 1.76. The summed E-state index contributed by atoms with van der Waals surface area (Å²) in [5, 5.41) is 13.5. The maximum Gasteiger partial charge on any atom is 0.143 e. The highest BCUT2D eigenvalue weighted by atomic mass is 32.2. The number of anilines is 1. The molecular weight excluding hydrogens is 254 g/mol. The Morgan fingerprint density at radius 1 is 1.37 bits per heavy atom. The average Bonchev–Trinajstić information content (AvgIpc) is 2.44. The van der Waals surface area contributed by atoms with Crippen molar-refractivity contribution in [1.29, 1.82) is 5.26 Å². The summed E-state index contributed by atoms with van der Waals surface area (Å²) in [6.45, 7) is 5.23. The first-order chi connectivity index (χ1) is 9.05. The Bertz CT molecular complexity index is 629. The Hall–Kier alpha value is -1.73. The number of nitrogens with one attached hydrogen (secondary N) is 1. The molecule has 98 valence electrons. The fraction of sp³-hybridized carbons (Fsp3) is 0.333. The number of aromatic nitrogens is 1. The number of benzene rings is 1. The smallest absolute Gasteiger partial charge is 0.143 e. The molecule has 0 aliphatic rings. The largest absolute Gasteiger partial charge is 0.383 e. The first-order valence-electron chi connectivity index (χ1n) is 6.15. The Kier molecular flexibility index (Phi) is 3.96. The molecule has 1 aromatic carbocycles. The van der Waals surface area contributed by atoms with Gasteiger partial charge in [0, 0.05) is 22.4 Å². The van der Waals surface area contributed by atoms with Gasteiger partial charge in [-0.05, 0) is 32.2 Å². The van der Waals surface area contributed by atoms with E-state index in [1.54, 1.807) is 0 Å². The summed E-state index contributed by atoms with van der Waals surface area (Å²) in [6, 6.07) is 11.8. The van der Waals surface area contributed by atoms with Crippen LogP contribution in [0.1, 0.15) is 19.5 Å². The minimum absolute atomic E-state index is 0.150. The first-order valence-corrected chi connectivity index (χ1v) is 7.37. The van der Waals surface area contributed by atoms with Crippen molar-refractivity contribution in [3.05, 3.63) is 36.0 Å². The molecule has 1 N–H and O–H groups in total. The minimum Gasteiger partial charge on any atom is -0.383 e. The molecule has 0 spiro atoms. The van der Waals surface area contributed by atoms with E-state index in [-0.39, 0.29) is 4.75 Å². The van der Waals surface area contributed by atoms with E-state index >= 15 is 0 Å². The van der Waals surface area contributed by atoms with Crippen molar-refractivity contribution in [1.82, 2.24) is 4.98 Å². The summed E-state index contributed by atoms with van der Waals surface area (Å²) >= 11 is 1.82. The predicted molar refractivity (Wildman–Crippen MR) is 82.5 cm³/mol. The number of hydrogen-bond acceptors (Lipinski definition) is 4. The van der Waals surface area contributed by atoms with Crippen LogP contribution in [0.2, 0.25) is 0 Å². The lowest BCUT2D eigenvalue weighted by Crippen LogP contribution is -2.26. The highest BCUT2D eigenvalue weighted by molar-refractivity contribution is 7.99. The van der Waals surface area contributed by atoms with Crippen LogP contribution in [-0.4, -0.2) is 22.5 Å². The zero-order chi connectivity index (χ0) is 13.9. The number of thioether (sulfide) groups is 1. The molecule has 0 radical (unpaired) electrons. The lowest BCUT2D eigenvalue weighted by atomic mass is 10.1. The van der Waals surface area contributed by atoms with Crippen molar-refractivity contribution in [2.75, 3.05) is 18.1 Å². The number of hydrogen-bond donors (Lipinski definition) is 1. The third-order valence-electron chi connectivity index (χ3n) is 3.09. The third kappa shape index (κ3) is 3.18. The maximum atomic E-state index is 9.05. The van der Waals surface area contributed by atoms with E-state index in [1.165, 1.54) is 0 Å². The van der Waals surface area contributed by atoms with Crippen LogP contribution in [-0.2, 0) is 0 Å². The van der Waals surface area contributed by atoms with Gasteiger partial charge in [-0.1, -0.05) is 18.2 Å². The molecule has 1 aromatic heterocycles. The monoisotopic (exact) mass is 271 g/mol. The average molecular weight is 271 g/mol. The van der Waals surface area contributed by atoms with E-state index in [9.17, 15) is 0 Å². The SMILES string of the molecule is CSC(C)(C)CNc1cc(C#N)nc2ccccc12. The van der Waals surface area contributed by atoms with Gasteiger partial charge < -0.3 is 5.32 Å². The van der Waals surface area contributed by atoms with Crippen LogP contribution in [0.25, 0.3) is 10.9 Å². The number of rotatable bonds is 4. The molecule has 2 aromatic rings. The van der Waals surface area contributed by atoms with Gasteiger partial charge in [-0.2, -0.15) is 17.0 Å². The second-order valence-corrected chi connectivity index (χ2v) is 6.51.